The monoisotopic (exact) mass is 498 g/mol. The number of aromatic nitrogens is 1. The van der Waals surface area contributed by atoms with E-state index in [0.717, 1.165) is 75.6 Å². The first-order valence-corrected chi connectivity index (χ1v) is 9.43. The van der Waals surface area contributed by atoms with E-state index in [2.05, 4.69) is 17.1 Å². The summed E-state index contributed by atoms with van der Waals surface area (Å²) in [5, 5.41) is 4.10. The highest BCUT2D eigenvalue weighted by Crippen LogP contribution is 2.14. The van der Waals surface area contributed by atoms with E-state index < -0.39 is 0 Å². The molecule has 1 aromatic heterocycles. The van der Waals surface area contributed by atoms with Crippen molar-refractivity contribution in [3.8, 4) is 0 Å². The van der Waals surface area contributed by atoms with E-state index >= 15 is 0 Å². The Morgan fingerprint density at radius 3 is 2.96 bits per heavy atom. The Balaban J connectivity index is 0.00000338. The van der Waals surface area contributed by atoms with Gasteiger partial charge in [0.1, 0.15) is 0 Å². The van der Waals surface area contributed by atoms with Crippen molar-refractivity contribution in [2.24, 2.45) is 18.0 Å². The number of nitrogens with one attached hydrogen (secondary N) is 1. The van der Waals surface area contributed by atoms with Crippen molar-refractivity contribution in [2.45, 2.75) is 26.3 Å². The van der Waals surface area contributed by atoms with Crippen molar-refractivity contribution in [2.75, 3.05) is 46.6 Å². The third-order valence-electron chi connectivity index (χ3n) is 4.26. The Hall–Kier alpha value is -0.510. The predicted octanol–water partition coefficient (Wildman–Crippen LogP) is 3.14. The highest BCUT2D eigenvalue weighted by atomic mass is 127. The molecule has 26 heavy (non-hydrogen) atoms. The number of hydrogen-bond donors (Lipinski definition) is 1. The van der Waals surface area contributed by atoms with Gasteiger partial charge in [0.15, 0.2) is 5.96 Å². The summed E-state index contributed by atoms with van der Waals surface area (Å²) in [6.07, 6.45) is 3.96. The summed E-state index contributed by atoms with van der Waals surface area (Å²) in [4.78, 5) is 6.82. The number of ether oxygens (including phenoxy) is 2. The Morgan fingerprint density at radius 2 is 2.35 bits per heavy atom. The fourth-order valence-electron chi connectivity index (χ4n) is 2.83. The Morgan fingerprint density at radius 1 is 1.54 bits per heavy atom. The van der Waals surface area contributed by atoms with Crippen LogP contribution in [0.25, 0.3) is 0 Å². The molecule has 0 aliphatic carbocycles. The van der Waals surface area contributed by atoms with Gasteiger partial charge in [-0.1, -0.05) is 11.6 Å². The Bertz CT molecular complexity index is 547. The normalized spacial score (nSPS) is 17.2. The summed E-state index contributed by atoms with van der Waals surface area (Å²) in [6, 6.07) is 1.99. The molecule has 0 saturated carbocycles. The van der Waals surface area contributed by atoms with Gasteiger partial charge in [-0.05, 0) is 25.8 Å². The largest absolute Gasteiger partial charge is 0.381 e. The quantitative estimate of drug-likeness (QED) is 0.246. The summed E-state index contributed by atoms with van der Waals surface area (Å²) in [7, 11) is 4.05. The van der Waals surface area contributed by atoms with Gasteiger partial charge in [-0.3, -0.25) is 4.99 Å². The molecule has 8 heteroatoms. The summed E-state index contributed by atoms with van der Waals surface area (Å²) >= 11 is 6.06. The van der Waals surface area contributed by atoms with Crippen molar-refractivity contribution in [1.82, 2.24) is 14.8 Å². The molecule has 1 saturated heterocycles. The second-order valence-electron chi connectivity index (χ2n) is 6.51. The SMILES string of the molecule is CCNC(=NCCCOCC1CCOC1)N(C)Cc1cc(Cl)cn1C.I. The number of rotatable bonds is 9. The van der Waals surface area contributed by atoms with Gasteiger partial charge < -0.3 is 24.3 Å². The van der Waals surface area contributed by atoms with Crippen molar-refractivity contribution in [3.05, 3.63) is 23.0 Å². The van der Waals surface area contributed by atoms with Crippen LogP contribution >= 0.6 is 35.6 Å². The summed E-state index contributed by atoms with van der Waals surface area (Å²) < 4.78 is 13.1. The Labute approximate surface area is 179 Å². The van der Waals surface area contributed by atoms with Gasteiger partial charge >= 0.3 is 0 Å². The lowest BCUT2D eigenvalue weighted by atomic mass is 10.1. The van der Waals surface area contributed by atoms with Crippen molar-refractivity contribution < 1.29 is 9.47 Å². The van der Waals surface area contributed by atoms with Crippen LogP contribution in [0.2, 0.25) is 5.02 Å². The molecule has 1 fully saturated rings. The van der Waals surface area contributed by atoms with Crippen molar-refractivity contribution in [3.63, 3.8) is 0 Å². The molecule has 150 valence electrons. The van der Waals surface area contributed by atoms with Crippen LogP contribution in [0.4, 0.5) is 0 Å². The molecule has 0 spiro atoms. The van der Waals surface area contributed by atoms with Gasteiger partial charge in [-0.15, -0.1) is 24.0 Å². The number of guanidine groups is 1. The first kappa shape index (κ1) is 23.5. The molecule has 0 radical (unpaired) electrons. The van der Waals surface area contributed by atoms with Crippen molar-refractivity contribution >= 4 is 41.5 Å². The molecule has 0 amide bonds. The number of halogens is 2. The minimum atomic E-state index is 0. The topological polar surface area (TPSA) is 51.0 Å². The molecular formula is C18H32ClIN4O2. The number of aryl methyl sites for hydroxylation is 1. The zero-order valence-corrected chi connectivity index (χ0v) is 19.1. The molecule has 2 heterocycles. The smallest absolute Gasteiger partial charge is 0.194 e. The van der Waals surface area contributed by atoms with Crippen LogP contribution < -0.4 is 5.32 Å². The van der Waals surface area contributed by atoms with Gasteiger partial charge in [0.2, 0.25) is 0 Å². The van der Waals surface area contributed by atoms with E-state index in [1.54, 1.807) is 0 Å². The van der Waals surface area contributed by atoms with E-state index in [-0.39, 0.29) is 24.0 Å². The summed E-state index contributed by atoms with van der Waals surface area (Å²) in [5.74, 6) is 1.48. The van der Waals surface area contributed by atoms with Crippen molar-refractivity contribution in [1.29, 1.82) is 0 Å². The van der Waals surface area contributed by atoms with Crippen LogP contribution in [0.1, 0.15) is 25.5 Å². The molecule has 1 aliphatic rings. The van der Waals surface area contributed by atoms with E-state index in [1.165, 1.54) is 0 Å². The summed E-state index contributed by atoms with van der Waals surface area (Å²) in [5.41, 5.74) is 1.15. The standard InChI is InChI=1S/C18H31ClN4O2.HI/c1-4-20-18(23(3)12-17-10-16(19)11-22(17)2)21-7-5-8-24-13-15-6-9-25-14-15;/h10-11,15H,4-9,12-14H2,1-3H3,(H,20,21);1H. The Kier molecular flexibility index (Phi) is 11.6. The maximum absolute atomic E-state index is 6.06. The molecule has 1 N–H and O–H groups in total. The minimum absolute atomic E-state index is 0. The zero-order valence-electron chi connectivity index (χ0n) is 16.0. The van der Waals surface area contributed by atoms with Crippen LogP contribution in [0.15, 0.2) is 17.3 Å². The summed E-state index contributed by atoms with van der Waals surface area (Å²) in [6.45, 7) is 7.70. The second kappa shape index (κ2) is 12.8. The minimum Gasteiger partial charge on any atom is -0.381 e. The number of hydrogen-bond acceptors (Lipinski definition) is 3. The maximum atomic E-state index is 6.06. The van der Waals surface area contributed by atoms with Crippen LogP contribution in [-0.2, 0) is 23.1 Å². The molecule has 0 bridgehead atoms. The molecule has 1 atom stereocenters. The first-order chi connectivity index (χ1) is 12.1. The molecule has 2 rings (SSSR count). The lowest BCUT2D eigenvalue weighted by Crippen LogP contribution is -2.39. The average molecular weight is 499 g/mol. The van der Waals surface area contributed by atoms with E-state index in [4.69, 9.17) is 26.1 Å². The number of nitrogens with zero attached hydrogens (tertiary/aromatic N) is 3. The highest BCUT2D eigenvalue weighted by molar-refractivity contribution is 14.0. The van der Waals surface area contributed by atoms with E-state index in [0.29, 0.717) is 5.92 Å². The van der Waals surface area contributed by atoms with Gasteiger partial charge in [0.05, 0.1) is 24.8 Å². The highest BCUT2D eigenvalue weighted by Gasteiger charge is 2.15. The average Bonchev–Trinajstić information content (AvgIpc) is 3.19. The lowest BCUT2D eigenvalue weighted by molar-refractivity contribution is 0.0893. The first-order valence-electron chi connectivity index (χ1n) is 9.05. The molecule has 6 nitrogen and oxygen atoms in total. The van der Waals surface area contributed by atoms with Crippen LogP contribution in [0.5, 0.6) is 0 Å². The molecular weight excluding hydrogens is 467 g/mol. The van der Waals surface area contributed by atoms with E-state index in [1.807, 2.05) is 30.9 Å². The fourth-order valence-corrected chi connectivity index (χ4v) is 3.10. The molecule has 1 unspecified atom stereocenters. The third kappa shape index (κ3) is 8.02. The number of aliphatic imine (C=N–C) groups is 1. The van der Waals surface area contributed by atoms with Crippen LogP contribution in [0, 0.1) is 5.92 Å². The van der Waals surface area contributed by atoms with E-state index in [9.17, 15) is 0 Å². The van der Waals surface area contributed by atoms with Gasteiger partial charge in [-0.2, -0.15) is 0 Å². The van der Waals surface area contributed by atoms with Gasteiger partial charge in [0, 0.05) is 58.2 Å². The zero-order chi connectivity index (χ0) is 18.1. The molecule has 0 aromatic carbocycles. The third-order valence-corrected chi connectivity index (χ3v) is 4.46. The maximum Gasteiger partial charge on any atom is 0.194 e. The van der Waals surface area contributed by atoms with Crippen LogP contribution in [-0.4, -0.2) is 62.0 Å². The molecule has 1 aliphatic heterocycles. The molecule has 1 aromatic rings. The lowest BCUT2D eigenvalue weighted by Gasteiger charge is -2.22. The van der Waals surface area contributed by atoms with Gasteiger partial charge in [-0.25, -0.2) is 0 Å². The second-order valence-corrected chi connectivity index (χ2v) is 6.95. The fraction of sp³-hybridized carbons (Fsp3) is 0.722. The van der Waals surface area contributed by atoms with Gasteiger partial charge in [0.25, 0.3) is 0 Å². The van der Waals surface area contributed by atoms with Crippen LogP contribution in [0.3, 0.4) is 0 Å². The predicted molar refractivity (Wildman–Crippen MR) is 118 cm³/mol.